The minimum atomic E-state index is -0.410. The summed E-state index contributed by atoms with van der Waals surface area (Å²) in [6.45, 7) is 0.807. The summed E-state index contributed by atoms with van der Waals surface area (Å²) in [5, 5.41) is 0. The molecule has 0 unspecified atom stereocenters. The van der Waals surface area contributed by atoms with Crippen molar-refractivity contribution < 1.29 is 19.0 Å². The maximum Gasteiger partial charge on any atom is 0.330 e. The zero-order valence-corrected chi connectivity index (χ0v) is 13.3. The molecule has 4 heteroatoms. The van der Waals surface area contributed by atoms with E-state index in [1.165, 1.54) is 13.2 Å². The minimum absolute atomic E-state index is 0.317. The summed E-state index contributed by atoms with van der Waals surface area (Å²) in [5.41, 5.74) is 2.70. The fourth-order valence-electron chi connectivity index (χ4n) is 2.09. The third-order valence-electron chi connectivity index (χ3n) is 3.25. The van der Waals surface area contributed by atoms with Gasteiger partial charge in [0.1, 0.15) is 12.4 Å². The van der Waals surface area contributed by atoms with E-state index in [4.69, 9.17) is 9.47 Å². The number of rotatable bonds is 7. The summed E-state index contributed by atoms with van der Waals surface area (Å²) >= 11 is 0. The molecular formula is C19H20O4. The topological polar surface area (TPSA) is 44.8 Å². The summed E-state index contributed by atoms with van der Waals surface area (Å²) < 4.78 is 15.6. The Labute approximate surface area is 136 Å². The molecule has 23 heavy (non-hydrogen) atoms. The second-order valence-electron chi connectivity index (χ2n) is 4.93. The highest BCUT2D eigenvalue weighted by atomic mass is 16.5. The Morgan fingerprint density at radius 3 is 2.52 bits per heavy atom. The van der Waals surface area contributed by atoms with Crippen molar-refractivity contribution in [3.8, 4) is 5.75 Å². The van der Waals surface area contributed by atoms with Crippen molar-refractivity contribution in [1.29, 1.82) is 0 Å². The van der Waals surface area contributed by atoms with Gasteiger partial charge >= 0.3 is 5.97 Å². The highest BCUT2D eigenvalue weighted by Crippen LogP contribution is 2.21. The normalized spacial score (nSPS) is 11.1. The van der Waals surface area contributed by atoms with Gasteiger partial charge in [-0.1, -0.05) is 42.5 Å². The molecule has 0 fully saturated rings. The molecule has 4 nitrogen and oxygen atoms in total. The molecule has 0 saturated heterocycles. The molecule has 0 N–H and O–H groups in total. The van der Waals surface area contributed by atoms with Gasteiger partial charge < -0.3 is 14.2 Å². The number of ether oxygens (including phenoxy) is 3. The van der Waals surface area contributed by atoms with E-state index < -0.39 is 5.97 Å². The Hall–Kier alpha value is -2.59. The summed E-state index contributed by atoms with van der Waals surface area (Å²) in [6, 6.07) is 17.5. The van der Waals surface area contributed by atoms with Crippen LogP contribution in [0.3, 0.4) is 0 Å². The Morgan fingerprint density at radius 1 is 1.04 bits per heavy atom. The lowest BCUT2D eigenvalue weighted by Crippen LogP contribution is -2.02. The van der Waals surface area contributed by atoms with Crippen molar-refractivity contribution in [3.05, 3.63) is 71.8 Å². The van der Waals surface area contributed by atoms with Gasteiger partial charge in [0.15, 0.2) is 0 Å². The molecule has 0 aliphatic carbocycles. The first kappa shape index (κ1) is 16.8. The van der Waals surface area contributed by atoms with Crippen LogP contribution >= 0.6 is 0 Å². The van der Waals surface area contributed by atoms with Gasteiger partial charge in [-0.3, -0.25) is 0 Å². The molecule has 120 valence electrons. The number of benzene rings is 2. The molecule has 0 aliphatic heterocycles. The maximum atomic E-state index is 11.5. The molecule has 0 bridgehead atoms. The molecule has 0 aliphatic rings. The Bertz CT molecular complexity index is 662. The lowest BCUT2D eigenvalue weighted by Gasteiger charge is -2.10. The van der Waals surface area contributed by atoms with Gasteiger partial charge in [-0.05, 0) is 28.8 Å². The summed E-state index contributed by atoms with van der Waals surface area (Å²) in [4.78, 5) is 11.5. The van der Waals surface area contributed by atoms with Crippen LogP contribution in [0.4, 0.5) is 0 Å². The number of hydrogen-bond donors (Lipinski definition) is 0. The molecule has 2 rings (SSSR count). The van der Waals surface area contributed by atoms with Crippen LogP contribution in [0.15, 0.2) is 60.7 Å². The van der Waals surface area contributed by atoms with Crippen molar-refractivity contribution in [2.45, 2.75) is 6.61 Å². The number of hydrogen-bond acceptors (Lipinski definition) is 4. The van der Waals surface area contributed by atoms with E-state index in [9.17, 15) is 4.79 Å². The molecule has 0 spiro atoms. The van der Waals surface area contributed by atoms with Gasteiger partial charge in [-0.15, -0.1) is 0 Å². The van der Waals surface area contributed by atoms with Gasteiger partial charge in [-0.2, -0.15) is 0 Å². The minimum Gasteiger partial charge on any atom is -0.489 e. The van der Waals surface area contributed by atoms with Crippen LogP contribution in [-0.4, -0.2) is 26.8 Å². The second kappa shape index (κ2) is 8.76. The van der Waals surface area contributed by atoms with Crippen molar-refractivity contribution in [2.24, 2.45) is 0 Å². The van der Waals surface area contributed by atoms with E-state index in [0.29, 0.717) is 13.2 Å². The molecule has 0 aromatic heterocycles. The predicted octanol–water partition coefficient (Wildman–Crippen LogP) is 3.47. The average Bonchev–Trinajstić information content (AvgIpc) is 2.60. The van der Waals surface area contributed by atoms with E-state index >= 15 is 0 Å². The fourth-order valence-corrected chi connectivity index (χ4v) is 2.09. The largest absolute Gasteiger partial charge is 0.489 e. The summed E-state index contributed by atoms with van der Waals surface area (Å²) in [5.74, 6) is 0.325. The summed E-state index contributed by atoms with van der Waals surface area (Å²) in [7, 11) is 2.93. The second-order valence-corrected chi connectivity index (χ2v) is 4.93. The van der Waals surface area contributed by atoms with Gasteiger partial charge in [0.25, 0.3) is 0 Å². The predicted molar refractivity (Wildman–Crippen MR) is 89.1 cm³/mol. The van der Waals surface area contributed by atoms with Gasteiger partial charge in [0, 0.05) is 13.2 Å². The van der Waals surface area contributed by atoms with E-state index in [1.807, 2.05) is 54.6 Å². The van der Waals surface area contributed by atoms with Crippen molar-refractivity contribution in [1.82, 2.24) is 0 Å². The lowest BCUT2D eigenvalue weighted by molar-refractivity contribution is -0.134. The zero-order chi connectivity index (χ0) is 16.5. The fraction of sp³-hybridized carbons (Fsp3) is 0.211. The standard InChI is InChI=1S/C19H20O4/c1-21-14-17(12-19(20)22-2)16-9-6-10-18(11-16)23-13-15-7-4-3-5-8-15/h3-12H,13-14H2,1-2H3. The SMILES string of the molecule is COCC(=CC(=O)OC)c1cccc(OCc2ccccc2)c1. The first-order valence-corrected chi connectivity index (χ1v) is 7.27. The highest BCUT2D eigenvalue weighted by molar-refractivity contribution is 5.91. The van der Waals surface area contributed by atoms with Crippen LogP contribution in [0, 0.1) is 0 Å². The Kier molecular flexibility index (Phi) is 6.39. The lowest BCUT2D eigenvalue weighted by atomic mass is 10.1. The molecule has 0 saturated carbocycles. The third-order valence-corrected chi connectivity index (χ3v) is 3.25. The first-order valence-electron chi connectivity index (χ1n) is 7.27. The quantitative estimate of drug-likeness (QED) is 0.580. The number of carbonyl (C=O) groups is 1. The summed E-state index contributed by atoms with van der Waals surface area (Å²) in [6.07, 6.45) is 1.43. The number of methoxy groups -OCH3 is 2. The van der Waals surface area contributed by atoms with Crippen molar-refractivity contribution in [2.75, 3.05) is 20.8 Å². The molecular weight excluding hydrogens is 292 g/mol. The van der Waals surface area contributed by atoms with Crippen molar-refractivity contribution >= 4 is 11.5 Å². The average molecular weight is 312 g/mol. The third kappa shape index (κ3) is 5.27. The Balaban J connectivity index is 2.14. The van der Waals surface area contributed by atoms with Gasteiger partial charge in [-0.25, -0.2) is 4.79 Å². The van der Waals surface area contributed by atoms with Crippen LogP contribution in [0.2, 0.25) is 0 Å². The Morgan fingerprint density at radius 2 is 1.83 bits per heavy atom. The monoisotopic (exact) mass is 312 g/mol. The van der Waals surface area contributed by atoms with Crippen LogP contribution in [0.5, 0.6) is 5.75 Å². The molecule has 0 atom stereocenters. The van der Waals surface area contributed by atoms with Crippen LogP contribution in [0.25, 0.3) is 5.57 Å². The molecule has 0 amide bonds. The van der Waals surface area contributed by atoms with Crippen LogP contribution in [-0.2, 0) is 20.9 Å². The smallest absolute Gasteiger partial charge is 0.330 e. The number of carbonyl (C=O) groups excluding carboxylic acids is 1. The van der Waals surface area contributed by atoms with E-state index in [2.05, 4.69) is 4.74 Å². The molecule has 0 radical (unpaired) electrons. The zero-order valence-electron chi connectivity index (χ0n) is 13.3. The van der Waals surface area contributed by atoms with E-state index in [1.54, 1.807) is 7.11 Å². The maximum absolute atomic E-state index is 11.5. The van der Waals surface area contributed by atoms with Gasteiger partial charge in [0.2, 0.25) is 0 Å². The van der Waals surface area contributed by atoms with Crippen LogP contribution in [0.1, 0.15) is 11.1 Å². The van der Waals surface area contributed by atoms with Crippen LogP contribution < -0.4 is 4.74 Å². The number of esters is 1. The van der Waals surface area contributed by atoms with E-state index in [0.717, 1.165) is 22.4 Å². The molecule has 0 heterocycles. The van der Waals surface area contributed by atoms with Gasteiger partial charge in [0.05, 0.1) is 13.7 Å². The molecule has 2 aromatic rings. The first-order chi connectivity index (χ1) is 11.2. The van der Waals surface area contributed by atoms with E-state index in [-0.39, 0.29) is 0 Å². The van der Waals surface area contributed by atoms with Crippen molar-refractivity contribution in [3.63, 3.8) is 0 Å². The highest BCUT2D eigenvalue weighted by Gasteiger charge is 2.07. The molecule has 2 aromatic carbocycles.